The molecule has 2 atom stereocenters. The number of benzene rings is 1. The van der Waals surface area contributed by atoms with Crippen LogP contribution in [0.4, 0.5) is 0 Å². The molecular weight excluding hydrogens is 314 g/mol. The van der Waals surface area contributed by atoms with Crippen LogP contribution in [0.25, 0.3) is 0 Å². The Morgan fingerprint density at radius 1 is 1.28 bits per heavy atom. The summed E-state index contributed by atoms with van der Waals surface area (Å²) in [6, 6.07) is 6.22. The van der Waals surface area contributed by atoms with Gasteiger partial charge >= 0.3 is 0 Å². The number of amides is 1. The van der Waals surface area contributed by atoms with Gasteiger partial charge in [-0.15, -0.1) is 0 Å². The minimum Gasteiger partial charge on any atom is -0.496 e. The van der Waals surface area contributed by atoms with Crippen molar-refractivity contribution < 1.29 is 14.3 Å². The molecule has 0 aromatic heterocycles. The Hall–Kier alpha value is -1.55. The summed E-state index contributed by atoms with van der Waals surface area (Å²) in [6.45, 7) is 3.81. The quantitative estimate of drug-likeness (QED) is 0.816. The highest BCUT2D eigenvalue weighted by Gasteiger charge is 2.46. The van der Waals surface area contributed by atoms with Gasteiger partial charge in [0.1, 0.15) is 5.75 Å². The Morgan fingerprint density at radius 2 is 2.08 bits per heavy atom. The number of rotatable bonds is 5. The number of piperidine rings is 1. The minimum absolute atomic E-state index is 0.204. The van der Waals surface area contributed by atoms with E-state index in [4.69, 9.17) is 9.47 Å². The standard InChI is InChI=1S/C21H31NO3/c1-16-7-8-17(14-18(16)24-2)9-10-20(23)22-13-5-12-21(15-22)11-4-6-19(21)25-3/h7-8,14,19H,4-6,9-13,15H2,1-3H3/t19-,21-/m1/s1. The average molecular weight is 345 g/mol. The predicted octanol–water partition coefficient (Wildman–Crippen LogP) is 3.74. The van der Waals surface area contributed by atoms with E-state index in [1.165, 1.54) is 19.3 Å². The minimum atomic E-state index is 0.204. The number of nitrogens with zero attached hydrogens (tertiary/aromatic N) is 1. The van der Waals surface area contributed by atoms with Crippen LogP contribution in [0.3, 0.4) is 0 Å². The molecule has 1 spiro atoms. The van der Waals surface area contributed by atoms with E-state index in [1.807, 2.05) is 14.0 Å². The van der Waals surface area contributed by atoms with Gasteiger partial charge in [-0.1, -0.05) is 18.6 Å². The van der Waals surface area contributed by atoms with Gasteiger partial charge in [-0.2, -0.15) is 0 Å². The van der Waals surface area contributed by atoms with Crippen LogP contribution in [-0.4, -0.2) is 44.2 Å². The summed E-state index contributed by atoms with van der Waals surface area (Å²) < 4.78 is 11.1. The SMILES string of the molecule is COc1cc(CCC(=O)N2CCC[C@]3(CCC[C@H]3OC)C2)ccc1C. The number of ether oxygens (including phenoxy) is 2. The molecule has 3 rings (SSSR count). The second-order valence-corrected chi connectivity index (χ2v) is 7.70. The van der Waals surface area contributed by atoms with E-state index in [0.29, 0.717) is 12.5 Å². The highest BCUT2D eigenvalue weighted by molar-refractivity contribution is 5.76. The predicted molar refractivity (Wildman–Crippen MR) is 98.9 cm³/mol. The van der Waals surface area contributed by atoms with Gasteiger partial charge in [0.15, 0.2) is 0 Å². The van der Waals surface area contributed by atoms with E-state index in [9.17, 15) is 4.79 Å². The molecule has 1 saturated heterocycles. The molecule has 1 aromatic rings. The Balaban J connectivity index is 1.59. The Labute approximate surface area is 151 Å². The largest absolute Gasteiger partial charge is 0.496 e. The molecular formula is C21H31NO3. The summed E-state index contributed by atoms with van der Waals surface area (Å²) in [6.07, 6.45) is 7.53. The van der Waals surface area contributed by atoms with Gasteiger partial charge in [-0.25, -0.2) is 0 Å². The highest BCUT2D eigenvalue weighted by atomic mass is 16.5. The molecule has 0 N–H and O–H groups in total. The van der Waals surface area contributed by atoms with Crippen molar-refractivity contribution in [1.29, 1.82) is 0 Å². The normalized spacial score (nSPS) is 26.2. The lowest BCUT2D eigenvalue weighted by Gasteiger charge is -2.43. The van der Waals surface area contributed by atoms with Gasteiger partial charge in [0, 0.05) is 32.0 Å². The van der Waals surface area contributed by atoms with E-state index in [-0.39, 0.29) is 11.3 Å². The fraction of sp³-hybridized carbons (Fsp3) is 0.667. The number of likely N-dealkylation sites (tertiary alicyclic amines) is 1. The molecule has 2 fully saturated rings. The maximum absolute atomic E-state index is 12.8. The van der Waals surface area contributed by atoms with Gasteiger partial charge in [0.25, 0.3) is 0 Å². The van der Waals surface area contributed by atoms with Gasteiger partial charge < -0.3 is 14.4 Å². The third-order valence-corrected chi connectivity index (χ3v) is 6.17. The smallest absolute Gasteiger partial charge is 0.222 e. The van der Waals surface area contributed by atoms with Crippen molar-refractivity contribution in [2.45, 2.75) is 58.0 Å². The molecule has 4 heteroatoms. The first-order valence-electron chi connectivity index (χ1n) is 9.52. The van der Waals surface area contributed by atoms with E-state index < -0.39 is 0 Å². The van der Waals surface area contributed by atoms with Crippen molar-refractivity contribution >= 4 is 5.91 Å². The number of hydrogen-bond donors (Lipinski definition) is 0. The summed E-state index contributed by atoms with van der Waals surface area (Å²) in [5.74, 6) is 1.18. The number of aryl methyl sites for hydroxylation is 2. The number of hydrogen-bond acceptors (Lipinski definition) is 3. The fourth-order valence-electron chi connectivity index (χ4n) is 4.74. The molecule has 1 heterocycles. The average Bonchev–Trinajstić information content (AvgIpc) is 3.02. The first-order chi connectivity index (χ1) is 12.1. The van der Waals surface area contributed by atoms with Gasteiger partial charge in [0.05, 0.1) is 13.2 Å². The molecule has 25 heavy (non-hydrogen) atoms. The molecule has 1 saturated carbocycles. The van der Waals surface area contributed by atoms with Crippen molar-refractivity contribution in [3.63, 3.8) is 0 Å². The molecule has 1 amide bonds. The van der Waals surface area contributed by atoms with Crippen LogP contribution >= 0.6 is 0 Å². The third kappa shape index (κ3) is 3.84. The van der Waals surface area contributed by atoms with Crippen LogP contribution in [0.15, 0.2) is 18.2 Å². The molecule has 2 aliphatic rings. The second kappa shape index (κ2) is 7.77. The van der Waals surface area contributed by atoms with Crippen LogP contribution in [0, 0.1) is 12.3 Å². The van der Waals surface area contributed by atoms with E-state index >= 15 is 0 Å². The zero-order valence-corrected chi connectivity index (χ0v) is 15.8. The summed E-state index contributed by atoms with van der Waals surface area (Å²) in [5.41, 5.74) is 2.50. The highest BCUT2D eigenvalue weighted by Crippen LogP contribution is 2.46. The Bertz CT molecular complexity index is 615. The lowest BCUT2D eigenvalue weighted by Crippen LogP contribution is -2.49. The van der Waals surface area contributed by atoms with E-state index in [0.717, 1.165) is 49.2 Å². The van der Waals surface area contributed by atoms with Crippen molar-refractivity contribution in [3.05, 3.63) is 29.3 Å². The van der Waals surface area contributed by atoms with Gasteiger partial charge in [0.2, 0.25) is 5.91 Å². The fourth-order valence-corrected chi connectivity index (χ4v) is 4.74. The summed E-state index contributed by atoms with van der Waals surface area (Å²) in [5, 5.41) is 0. The monoisotopic (exact) mass is 345 g/mol. The van der Waals surface area contributed by atoms with Gasteiger partial charge in [-0.05, 0) is 56.2 Å². The molecule has 0 bridgehead atoms. The van der Waals surface area contributed by atoms with Crippen molar-refractivity contribution in [2.75, 3.05) is 27.3 Å². The van der Waals surface area contributed by atoms with Crippen molar-refractivity contribution in [1.82, 2.24) is 4.90 Å². The molecule has 1 aliphatic carbocycles. The number of carbonyl (C=O) groups is 1. The molecule has 138 valence electrons. The Morgan fingerprint density at radius 3 is 2.84 bits per heavy atom. The number of carbonyl (C=O) groups excluding carboxylic acids is 1. The van der Waals surface area contributed by atoms with Crippen LogP contribution in [0.1, 0.15) is 49.7 Å². The lowest BCUT2D eigenvalue weighted by atomic mass is 9.76. The summed E-state index contributed by atoms with van der Waals surface area (Å²) in [7, 11) is 3.52. The first-order valence-corrected chi connectivity index (χ1v) is 9.52. The molecule has 0 radical (unpaired) electrons. The van der Waals surface area contributed by atoms with Crippen molar-refractivity contribution in [2.24, 2.45) is 5.41 Å². The van der Waals surface area contributed by atoms with Crippen LogP contribution in [-0.2, 0) is 16.0 Å². The first kappa shape index (κ1) is 18.2. The van der Waals surface area contributed by atoms with E-state index in [1.54, 1.807) is 7.11 Å². The summed E-state index contributed by atoms with van der Waals surface area (Å²) in [4.78, 5) is 14.9. The molecule has 1 aliphatic heterocycles. The maximum atomic E-state index is 12.8. The number of methoxy groups -OCH3 is 2. The lowest BCUT2D eigenvalue weighted by molar-refractivity contribution is -0.137. The molecule has 4 nitrogen and oxygen atoms in total. The zero-order valence-electron chi connectivity index (χ0n) is 15.8. The molecule has 1 aromatic carbocycles. The van der Waals surface area contributed by atoms with Crippen LogP contribution < -0.4 is 4.74 Å². The maximum Gasteiger partial charge on any atom is 0.222 e. The topological polar surface area (TPSA) is 38.8 Å². The van der Waals surface area contributed by atoms with Gasteiger partial charge in [-0.3, -0.25) is 4.79 Å². The third-order valence-electron chi connectivity index (χ3n) is 6.17. The zero-order chi connectivity index (χ0) is 17.9. The summed E-state index contributed by atoms with van der Waals surface area (Å²) >= 11 is 0. The van der Waals surface area contributed by atoms with E-state index in [2.05, 4.69) is 23.1 Å². The van der Waals surface area contributed by atoms with Crippen molar-refractivity contribution in [3.8, 4) is 5.75 Å². The van der Waals surface area contributed by atoms with Crippen LogP contribution in [0.2, 0.25) is 0 Å². The molecule has 0 unspecified atom stereocenters. The second-order valence-electron chi connectivity index (χ2n) is 7.70. The van der Waals surface area contributed by atoms with Crippen LogP contribution in [0.5, 0.6) is 5.75 Å². The Kier molecular flexibility index (Phi) is 5.67.